The maximum absolute atomic E-state index is 13.8. The van der Waals surface area contributed by atoms with Crippen molar-refractivity contribution < 1.29 is 9.59 Å². The van der Waals surface area contributed by atoms with E-state index in [1.54, 1.807) is 0 Å². The Kier molecular flexibility index (Phi) is 5.90. The molecule has 4 aromatic rings. The number of benzene rings is 2. The maximum Gasteiger partial charge on any atom is 0.257 e. The van der Waals surface area contributed by atoms with E-state index in [9.17, 15) is 9.59 Å². The number of likely N-dealkylation sites (tertiary alicyclic amines) is 1. The SMILES string of the molecule is Cn1c2c(c3c(Cl)cccc31)C(=O)N(C1CCc3ccc(C(=O)N4CCC5(CC4)CCN(c4ccncc4)C5)cc31)C2. The number of hydrogen-bond acceptors (Lipinski definition) is 4. The molecule has 1 unspecified atom stereocenters. The van der Waals surface area contributed by atoms with Crippen LogP contribution in [0.4, 0.5) is 5.69 Å². The Hall–Kier alpha value is -3.84. The quantitative estimate of drug-likeness (QED) is 0.299. The second-order valence-corrected chi connectivity index (χ2v) is 13.0. The molecular weight excluding hydrogens is 546 g/mol. The van der Waals surface area contributed by atoms with Crippen molar-refractivity contribution in [2.45, 2.75) is 44.7 Å². The zero-order chi connectivity index (χ0) is 28.6. The summed E-state index contributed by atoms with van der Waals surface area (Å²) >= 11 is 6.58. The summed E-state index contributed by atoms with van der Waals surface area (Å²) in [5, 5.41) is 1.46. The van der Waals surface area contributed by atoms with Gasteiger partial charge in [-0.15, -0.1) is 0 Å². The van der Waals surface area contributed by atoms with Gasteiger partial charge in [0.2, 0.25) is 0 Å². The van der Waals surface area contributed by atoms with E-state index in [-0.39, 0.29) is 23.3 Å². The number of pyridine rings is 1. The van der Waals surface area contributed by atoms with Gasteiger partial charge in [-0.3, -0.25) is 14.6 Å². The molecule has 8 rings (SSSR count). The summed E-state index contributed by atoms with van der Waals surface area (Å²) in [5.74, 6) is 0.146. The molecular formula is C34H34ClN5O2. The lowest BCUT2D eigenvalue weighted by atomic mass is 9.77. The molecule has 2 saturated heterocycles. The monoisotopic (exact) mass is 579 g/mol. The van der Waals surface area contributed by atoms with Crippen LogP contribution in [0, 0.1) is 5.41 Å². The normalized spacial score (nSPS) is 21.0. The smallest absolute Gasteiger partial charge is 0.257 e. The molecule has 7 nitrogen and oxygen atoms in total. The first-order valence-corrected chi connectivity index (χ1v) is 15.4. The highest BCUT2D eigenvalue weighted by Gasteiger charge is 2.43. The van der Waals surface area contributed by atoms with Crippen LogP contribution in [-0.4, -0.2) is 57.3 Å². The highest BCUT2D eigenvalue weighted by atomic mass is 35.5. The van der Waals surface area contributed by atoms with Crippen LogP contribution in [0.1, 0.15) is 69.3 Å². The number of hydrogen-bond donors (Lipinski definition) is 0. The number of anilines is 1. The van der Waals surface area contributed by atoms with E-state index in [0.717, 1.165) is 85.1 Å². The summed E-state index contributed by atoms with van der Waals surface area (Å²) in [4.78, 5) is 38.3. The van der Waals surface area contributed by atoms with Crippen LogP contribution >= 0.6 is 11.6 Å². The molecule has 5 heterocycles. The second kappa shape index (κ2) is 9.60. The lowest BCUT2D eigenvalue weighted by molar-refractivity contribution is 0.0610. The standard InChI is InChI=1S/C34H34ClN5O2/c1-37-28-4-2-3-26(35)30(28)31-29(37)20-40(33(31)42)27-8-7-22-5-6-23(19-25(22)27)32(41)38-16-11-34(12-17-38)13-18-39(21-34)24-9-14-36-15-10-24/h2-6,9-10,14-15,19,27H,7-8,11-13,16-18,20-21H2,1H3. The van der Waals surface area contributed by atoms with Crippen molar-refractivity contribution in [1.82, 2.24) is 19.4 Å². The van der Waals surface area contributed by atoms with Crippen molar-refractivity contribution in [2.24, 2.45) is 12.5 Å². The van der Waals surface area contributed by atoms with Gasteiger partial charge in [0.15, 0.2) is 0 Å². The Balaban J connectivity index is 0.991. The predicted octanol–water partition coefficient (Wildman–Crippen LogP) is 6.00. The molecule has 0 radical (unpaired) electrons. The number of piperidine rings is 1. The molecule has 1 aliphatic carbocycles. The third-order valence-electron chi connectivity index (χ3n) is 10.5. The van der Waals surface area contributed by atoms with E-state index in [1.165, 1.54) is 17.7 Å². The fourth-order valence-electron chi connectivity index (χ4n) is 8.06. The molecule has 8 heteroatoms. The number of aromatic nitrogens is 2. The van der Waals surface area contributed by atoms with Gasteiger partial charge in [-0.2, -0.15) is 0 Å². The molecule has 2 aromatic heterocycles. The minimum Gasteiger partial charge on any atom is -0.371 e. The summed E-state index contributed by atoms with van der Waals surface area (Å²) in [5.41, 5.74) is 7.35. The van der Waals surface area contributed by atoms with Crippen LogP contribution in [0.15, 0.2) is 60.9 Å². The van der Waals surface area contributed by atoms with Crippen LogP contribution < -0.4 is 4.90 Å². The van der Waals surface area contributed by atoms with Gasteiger partial charge < -0.3 is 19.3 Å². The summed E-state index contributed by atoms with van der Waals surface area (Å²) < 4.78 is 2.11. The average Bonchev–Trinajstić information content (AvgIpc) is 3.77. The first-order valence-electron chi connectivity index (χ1n) is 15.1. The Morgan fingerprint density at radius 1 is 1.02 bits per heavy atom. The van der Waals surface area contributed by atoms with Gasteiger partial charge in [0, 0.05) is 62.3 Å². The molecule has 0 saturated carbocycles. The summed E-state index contributed by atoms with van der Waals surface area (Å²) in [6, 6.07) is 16.1. The molecule has 2 fully saturated rings. The van der Waals surface area contributed by atoms with Crippen LogP contribution in [0.3, 0.4) is 0 Å². The average molecular weight is 580 g/mol. The summed E-state index contributed by atoms with van der Waals surface area (Å²) in [6.07, 6.45) is 8.74. The minimum atomic E-state index is -0.0347. The fourth-order valence-corrected chi connectivity index (χ4v) is 8.33. The van der Waals surface area contributed by atoms with Crippen LogP contribution in [0.5, 0.6) is 0 Å². The number of carbonyl (C=O) groups excluding carboxylic acids is 2. The molecule has 0 bridgehead atoms. The Morgan fingerprint density at radius 3 is 2.62 bits per heavy atom. The molecule has 214 valence electrons. The van der Waals surface area contributed by atoms with Gasteiger partial charge in [0.05, 0.1) is 34.4 Å². The van der Waals surface area contributed by atoms with Crippen molar-refractivity contribution in [3.63, 3.8) is 0 Å². The summed E-state index contributed by atoms with van der Waals surface area (Å²) in [7, 11) is 2.01. The zero-order valence-corrected chi connectivity index (χ0v) is 24.6. The molecule has 0 N–H and O–H groups in total. The number of fused-ring (bicyclic) bond motifs is 4. The topological polar surface area (TPSA) is 61.7 Å². The fraction of sp³-hybridized carbons (Fsp3) is 0.382. The lowest BCUT2D eigenvalue weighted by Crippen LogP contribution is -2.44. The second-order valence-electron chi connectivity index (χ2n) is 12.6. The number of amides is 2. The molecule has 4 aliphatic rings. The van der Waals surface area contributed by atoms with Crippen molar-refractivity contribution in [3.05, 3.63) is 93.9 Å². The van der Waals surface area contributed by atoms with E-state index in [2.05, 4.69) is 38.7 Å². The van der Waals surface area contributed by atoms with E-state index in [0.29, 0.717) is 11.6 Å². The van der Waals surface area contributed by atoms with E-state index in [4.69, 9.17) is 11.6 Å². The van der Waals surface area contributed by atoms with Crippen LogP contribution in [0.2, 0.25) is 5.02 Å². The van der Waals surface area contributed by atoms with Crippen LogP contribution in [0.25, 0.3) is 10.9 Å². The first-order chi connectivity index (χ1) is 20.4. The molecule has 1 spiro atoms. The van der Waals surface area contributed by atoms with Gasteiger partial charge in [-0.1, -0.05) is 23.7 Å². The minimum absolute atomic E-state index is 0.0347. The molecule has 1 atom stereocenters. The van der Waals surface area contributed by atoms with E-state index in [1.807, 2.05) is 53.5 Å². The van der Waals surface area contributed by atoms with Gasteiger partial charge >= 0.3 is 0 Å². The number of rotatable bonds is 3. The predicted molar refractivity (Wildman–Crippen MR) is 164 cm³/mol. The van der Waals surface area contributed by atoms with Crippen molar-refractivity contribution in [3.8, 4) is 0 Å². The number of carbonyl (C=O) groups is 2. The Morgan fingerprint density at radius 2 is 1.81 bits per heavy atom. The van der Waals surface area contributed by atoms with Gasteiger partial charge in [0.1, 0.15) is 0 Å². The Bertz CT molecular complexity index is 1740. The highest BCUT2D eigenvalue weighted by Crippen LogP contribution is 2.45. The molecule has 2 amide bonds. The Labute approximate surface area is 250 Å². The van der Waals surface area contributed by atoms with Crippen molar-refractivity contribution in [1.29, 1.82) is 0 Å². The highest BCUT2D eigenvalue weighted by molar-refractivity contribution is 6.37. The third-order valence-corrected chi connectivity index (χ3v) is 10.8. The molecule has 3 aliphatic heterocycles. The van der Waals surface area contributed by atoms with Crippen molar-refractivity contribution >= 4 is 40.0 Å². The molecule has 42 heavy (non-hydrogen) atoms. The summed E-state index contributed by atoms with van der Waals surface area (Å²) in [6.45, 7) is 4.24. The van der Waals surface area contributed by atoms with E-state index < -0.39 is 0 Å². The van der Waals surface area contributed by atoms with Gasteiger partial charge in [-0.05, 0) is 85.0 Å². The van der Waals surface area contributed by atoms with Crippen LogP contribution in [-0.2, 0) is 20.0 Å². The number of aryl methyl sites for hydroxylation is 2. The number of halogens is 1. The molecule has 2 aromatic carbocycles. The first kappa shape index (κ1) is 25.8. The largest absolute Gasteiger partial charge is 0.371 e. The lowest BCUT2D eigenvalue weighted by Gasteiger charge is -2.39. The zero-order valence-electron chi connectivity index (χ0n) is 23.9. The van der Waals surface area contributed by atoms with Gasteiger partial charge in [-0.25, -0.2) is 0 Å². The van der Waals surface area contributed by atoms with Gasteiger partial charge in [0.25, 0.3) is 11.8 Å². The number of nitrogens with zero attached hydrogens (tertiary/aromatic N) is 5. The maximum atomic E-state index is 13.8. The van der Waals surface area contributed by atoms with E-state index >= 15 is 0 Å². The van der Waals surface area contributed by atoms with Crippen molar-refractivity contribution in [2.75, 3.05) is 31.1 Å². The third kappa shape index (κ3) is 3.89.